The topological polar surface area (TPSA) is 87.1 Å². The molecule has 11 rings (SSSR count). The smallest absolute Gasteiger partial charge is 0.410 e. The summed E-state index contributed by atoms with van der Waals surface area (Å²) in [5.74, 6) is -0.342. The fraction of sp³-hybridized carbons (Fsp3) is 0.490. The Bertz CT molecular complexity index is 2270. The van der Waals surface area contributed by atoms with Gasteiger partial charge in [0.15, 0.2) is 17.4 Å². The Morgan fingerprint density at radius 2 is 1.56 bits per heavy atom. The van der Waals surface area contributed by atoms with Gasteiger partial charge in [-0.3, -0.25) is 4.79 Å². The van der Waals surface area contributed by atoms with E-state index in [2.05, 4.69) is 19.9 Å². The summed E-state index contributed by atoms with van der Waals surface area (Å²) in [6, 6.07) is 22.6. The Morgan fingerprint density at radius 1 is 0.831 bits per heavy atom. The van der Waals surface area contributed by atoms with Crippen LogP contribution in [0.5, 0.6) is 5.75 Å². The van der Waals surface area contributed by atoms with Crippen molar-refractivity contribution in [1.82, 2.24) is 4.90 Å². The first-order valence-corrected chi connectivity index (χ1v) is 21.9. The van der Waals surface area contributed by atoms with E-state index in [4.69, 9.17) is 4.74 Å². The molecule has 0 aliphatic heterocycles. The highest BCUT2D eigenvalue weighted by atomic mass is 19.2. The van der Waals surface area contributed by atoms with Gasteiger partial charge in [0.1, 0.15) is 5.75 Å². The van der Waals surface area contributed by atoms with Crippen molar-refractivity contribution < 1.29 is 33.3 Å². The predicted molar refractivity (Wildman–Crippen MR) is 225 cm³/mol. The zero-order valence-electron chi connectivity index (χ0n) is 34.4. The average Bonchev–Trinajstić information content (AvgIpc) is 3.45. The fourth-order valence-corrected chi connectivity index (χ4v) is 12.8. The molecule has 0 aromatic heterocycles. The largest absolute Gasteiger partial charge is 0.415 e. The van der Waals surface area contributed by atoms with Crippen LogP contribution in [0, 0.1) is 40.2 Å². The van der Waals surface area contributed by atoms with E-state index in [0.717, 1.165) is 53.3 Å². The lowest BCUT2D eigenvalue weighted by Crippen LogP contribution is -2.58. The molecule has 5 saturated carbocycles. The number of hydrogen-bond donors (Lipinski definition) is 2. The van der Waals surface area contributed by atoms with E-state index in [1.54, 1.807) is 6.07 Å². The van der Waals surface area contributed by atoms with Gasteiger partial charge in [0.2, 0.25) is 0 Å². The maximum absolute atomic E-state index is 14.7. The molecule has 0 radical (unpaired) electrons. The molecule has 7 aliphatic carbocycles. The van der Waals surface area contributed by atoms with Gasteiger partial charge in [-0.1, -0.05) is 61.0 Å². The zero-order valence-corrected chi connectivity index (χ0v) is 34.4. The molecule has 8 heteroatoms. The second kappa shape index (κ2) is 15.6. The van der Waals surface area contributed by atoms with Crippen LogP contribution in [0.4, 0.5) is 13.6 Å². The number of halogens is 2. The number of amides is 1. The van der Waals surface area contributed by atoms with Crippen LogP contribution in [0.25, 0.3) is 10.8 Å². The van der Waals surface area contributed by atoms with Gasteiger partial charge in [-0.2, -0.15) is 0 Å². The Morgan fingerprint density at radius 3 is 2.29 bits per heavy atom. The van der Waals surface area contributed by atoms with Crippen LogP contribution in [0.15, 0.2) is 90.5 Å². The van der Waals surface area contributed by atoms with Crippen LogP contribution in [0.1, 0.15) is 124 Å². The fourth-order valence-electron chi connectivity index (χ4n) is 12.8. The molecule has 4 atom stereocenters. The van der Waals surface area contributed by atoms with Crippen molar-refractivity contribution in [1.29, 1.82) is 0 Å². The van der Waals surface area contributed by atoms with Crippen LogP contribution >= 0.6 is 0 Å². The summed E-state index contributed by atoms with van der Waals surface area (Å²) < 4.78 is 34.9. The first kappa shape index (κ1) is 40.0. The SMILES string of the molecule is CC1=CCC[C@@]2(C)[C@@H](CC[C@@]2(O)CN(CC23CC4CC(CC(C4)C2)C3)C(=O)Oc2ccc3ccccc3c2)c2ccc(cc2C(=O)c2ccc(F)c(F)c2)C[C@@H](O)CC1. The number of benzene rings is 4. The van der Waals surface area contributed by atoms with Crippen molar-refractivity contribution >= 4 is 22.6 Å². The van der Waals surface area contributed by atoms with E-state index >= 15 is 0 Å². The summed E-state index contributed by atoms with van der Waals surface area (Å²) in [5, 5.41) is 26.4. The molecule has 4 aromatic rings. The lowest BCUT2D eigenvalue weighted by atomic mass is 9.49. The molecular weight excluding hydrogens is 745 g/mol. The molecule has 5 fully saturated rings. The predicted octanol–water partition coefficient (Wildman–Crippen LogP) is 11.1. The Hall–Kier alpha value is -4.40. The Kier molecular flexibility index (Phi) is 10.6. The van der Waals surface area contributed by atoms with Crippen LogP contribution in [-0.2, 0) is 6.42 Å². The standard InChI is InChI=1S/C51H57F2NO5/c1-32-6-5-18-49(2)44(42-15-10-33(23-40(55)13-9-32)24-43(42)47(56)39-12-16-45(52)46(53)26-39)17-19-51(49,58)31-54(30-50-27-34-20-35(28-50)22-36(21-34)29-50)48(57)59-41-14-11-37-7-3-4-8-38(37)25-41/h3-4,6-8,10-12,14-16,24-26,34-36,40,44,55,58H,5,9,13,17-23,27-31H2,1-2H3/t34?,35?,36?,40-,44-,49-,50?,51+/m0/s1. The number of ether oxygens (including phenoxy) is 1. The molecule has 59 heavy (non-hydrogen) atoms. The van der Waals surface area contributed by atoms with E-state index in [-0.39, 0.29) is 23.4 Å². The third-order valence-electron chi connectivity index (χ3n) is 15.4. The van der Waals surface area contributed by atoms with Gasteiger partial charge in [-0.05, 0) is 178 Å². The number of fused-ring (bicyclic) bond motifs is 9. The van der Waals surface area contributed by atoms with Gasteiger partial charge in [0.05, 0.1) is 18.2 Å². The van der Waals surface area contributed by atoms with Gasteiger partial charge < -0.3 is 19.8 Å². The van der Waals surface area contributed by atoms with Crippen LogP contribution < -0.4 is 4.74 Å². The number of carbonyl (C=O) groups is 2. The molecule has 0 unspecified atom stereocenters. The van der Waals surface area contributed by atoms with E-state index < -0.39 is 40.6 Å². The third kappa shape index (κ3) is 7.76. The molecule has 310 valence electrons. The second-order valence-corrected chi connectivity index (χ2v) is 19.6. The highest BCUT2D eigenvalue weighted by Crippen LogP contribution is 2.62. The molecule has 0 spiro atoms. The number of hydrogen-bond acceptors (Lipinski definition) is 5. The Balaban J connectivity index is 1.10. The minimum atomic E-state index is -1.35. The maximum Gasteiger partial charge on any atom is 0.415 e. The third-order valence-corrected chi connectivity index (χ3v) is 15.4. The van der Waals surface area contributed by atoms with Crippen LogP contribution in [0.3, 0.4) is 0 Å². The van der Waals surface area contributed by atoms with Crippen molar-refractivity contribution in [3.8, 4) is 5.75 Å². The summed E-state index contributed by atoms with van der Waals surface area (Å²) in [5.41, 5.74) is 0.925. The molecule has 0 saturated heterocycles. The number of aliphatic hydroxyl groups is 2. The normalized spacial score (nSPS) is 31.4. The van der Waals surface area contributed by atoms with Crippen molar-refractivity contribution in [3.63, 3.8) is 0 Å². The van der Waals surface area contributed by atoms with Gasteiger partial charge in [-0.15, -0.1) is 0 Å². The number of allylic oxidation sites excluding steroid dienone is 2. The maximum atomic E-state index is 14.7. The minimum absolute atomic E-state index is 0.0139. The lowest BCUT2D eigenvalue weighted by molar-refractivity contribution is -0.101. The van der Waals surface area contributed by atoms with Gasteiger partial charge in [0, 0.05) is 23.1 Å². The van der Waals surface area contributed by atoms with Gasteiger partial charge in [-0.25, -0.2) is 13.6 Å². The quantitative estimate of drug-likeness (QED) is 0.144. The van der Waals surface area contributed by atoms with Crippen molar-refractivity contribution in [2.24, 2.45) is 28.6 Å². The Labute approximate surface area is 346 Å². The molecular formula is C51H57F2NO5. The highest BCUT2D eigenvalue weighted by molar-refractivity contribution is 6.10. The van der Waals surface area contributed by atoms with Crippen LogP contribution in [-0.4, -0.2) is 51.8 Å². The molecule has 7 aliphatic rings. The molecule has 6 bridgehead atoms. The summed E-state index contributed by atoms with van der Waals surface area (Å²) in [6.45, 7) is 4.82. The monoisotopic (exact) mass is 801 g/mol. The van der Waals surface area contributed by atoms with E-state index in [1.165, 1.54) is 30.9 Å². The number of nitrogens with zero attached hydrogens (tertiary/aromatic N) is 1. The zero-order chi connectivity index (χ0) is 41.1. The number of ketones is 1. The van der Waals surface area contributed by atoms with E-state index in [1.807, 2.05) is 59.5 Å². The summed E-state index contributed by atoms with van der Waals surface area (Å²) in [6.07, 6.45) is 12.1. The van der Waals surface area contributed by atoms with Crippen LogP contribution in [0.2, 0.25) is 0 Å². The van der Waals surface area contributed by atoms with E-state index in [9.17, 15) is 28.6 Å². The first-order chi connectivity index (χ1) is 28.3. The molecule has 1 amide bonds. The van der Waals surface area contributed by atoms with Crippen molar-refractivity contribution in [2.75, 3.05) is 13.1 Å². The number of aliphatic hydroxyl groups excluding tert-OH is 1. The second-order valence-electron chi connectivity index (χ2n) is 19.6. The minimum Gasteiger partial charge on any atom is -0.410 e. The summed E-state index contributed by atoms with van der Waals surface area (Å²) in [7, 11) is 0. The van der Waals surface area contributed by atoms with E-state index in [0.29, 0.717) is 80.6 Å². The molecule has 6 nitrogen and oxygen atoms in total. The molecule has 2 N–H and O–H groups in total. The lowest BCUT2D eigenvalue weighted by Gasteiger charge is -2.58. The number of rotatable bonds is 7. The average molecular weight is 802 g/mol. The molecule has 4 aromatic carbocycles. The van der Waals surface area contributed by atoms with Crippen molar-refractivity contribution in [3.05, 3.63) is 124 Å². The van der Waals surface area contributed by atoms with Crippen molar-refractivity contribution in [2.45, 2.75) is 115 Å². The molecule has 0 heterocycles. The highest BCUT2D eigenvalue weighted by Gasteiger charge is 2.59. The summed E-state index contributed by atoms with van der Waals surface area (Å²) >= 11 is 0. The van der Waals surface area contributed by atoms with Gasteiger partial charge in [0.25, 0.3) is 0 Å². The number of carbonyl (C=O) groups excluding carboxylic acids is 2. The van der Waals surface area contributed by atoms with Gasteiger partial charge >= 0.3 is 6.09 Å². The summed E-state index contributed by atoms with van der Waals surface area (Å²) in [4.78, 5) is 31.0. The first-order valence-electron chi connectivity index (χ1n) is 21.9.